The molecule has 0 spiro atoms. The molecule has 0 saturated carbocycles. The molecule has 1 aromatic rings. The zero-order valence-electron chi connectivity index (χ0n) is 10.5. The van der Waals surface area contributed by atoms with Crippen LogP contribution >= 0.6 is 23.4 Å². The van der Waals surface area contributed by atoms with Crippen LogP contribution in [0.25, 0.3) is 0 Å². The summed E-state index contributed by atoms with van der Waals surface area (Å²) in [6, 6.07) is 0. The second-order valence-corrected chi connectivity index (χ2v) is 6.96. The molecule has 0 aliphatic carbocycles. The number of aliphatic hydroxyl groups excluding tert-OH is 1. The van der Waals surface area contributed by atoms with E-state index in [2.05, 4.69) is 12.0 Å². The Hall–Kier alpha value is -0.190. The van der Waals surface area contributed by atoms with Gasteiger partial charge in [0.2, 0.25) is 0 Å². The van der Waals surface area contributed by atoms with Crippen LogP contribution in [0.2, 0.25) is 5.02 Å². The maximum Gasteiger partial charge on any atom is 0.0847 e. The predicted octanol–water partition coefficient (Wildman–Crippen LogP) is 2.57. The molecule has 2 unspecified atom stereocenters. The Morgan fingerprint density at radius 3 is 2.82 bits per heavy atom. The number of rotatable bonds is 3. The SMILES string of the molecule is Cc1nn(C)c(CC(O)C2(C)CCCS2)c1Cl. The van der Waals surface area contributed by atoms with Gasteiger partial charge in [-0.2, -0.15) is 16.9 Å². The van der Waals surface area contributed by atoms with Crippen molar-refractivity contribution >= 4 is 23.4 Å². The lowest BCUT2D eigenvalue weighted by atomic mass is 9.95. The summed E-state index contributed by atoms with van der Waals surface area (Å²) in [5.74, 6) is 1.14. The van der Waals surface area contributed by atoms with Crippen molar-refractivity contribution < 1.29 is 5.11 Å². The number of nitrogens with zero attached hydrogens (tertiary/aromatic N) is 2. The first-order valence-electron chi connectivity index (χ1n) is 5.94. The molecule has 2 rings (SSSR count). The molecule has 3 nitrogen and oxygen atoms in total. The molecule has 1 fully saturated rings. The molecule has 1 saturated heterocycles. The van der Waals surface area contributed by atoms with Gasteiger partial charge < -0.3 is 5.11 Å². The standard InChI is InChI=1S/C12H19ClN2OS/c1-8-11(13)9(15(3)14-8)7-10(16)12(2)5-4-6-17-12/h10,16H,4-7H2,1-3H3. The topological polar surface area (TPSA) is 38.0 Å². The third-order valence-electron chi connectivity index (χ3n) is 3.60. The fourth-order valence-electron chi connectivity index (χ4n) is 2.36. The van der Waals surface area contributed by atoms with Gasteiger partial charge in [0.05, 0.1) is 22.5 Å². The van der Waals surface area contributed by atoms with Crippen LogP contribution in [0.5, 0.6) is 0 Å². The summed E-state index contributed by atoms with van der Waals surface area (Å²) in [5.41, 5.74) is 1.77. The first kappa shape index (κ1) is 13.2. The molecule has 2 heterocycles. The Morgan fingerprint density at radius 2 is 2.35 bits per heavy atom. The molecule has 0 bridgehead atoms. The van der Waals surface area contributed by atoms with Gasteiger partial charge >= 0.3 is 0 Å². The maximum atomic E-state index is 10.4. The van der Waals surface area contributed by atoms with Crippen LogP contribution < -0.4 is 0 Å². The molecule has 1 aromatic heterocycles. The largest absolute Gasteiger partial charge is 0.391 e. The van der Waals surface area contributed by atoms with Crippen molar-refractivity contribution in [3.05, 3.63) is 16.4 Å². The van der Waals surface area contributed by atoms with Gasteiger partial charge in [-0.3, -0.25) is 4.68 Å². The van der Waals surface area contributed by atoms with Gasteiger partial charge in [-0.25, -0.2) is 0 Å². The number of thioether (sulfide) groups is 1. The fraction of sp³-hybridized carbons (Fsp3) is 0.750. The summed E-state index contributed by atoms with van der Waals surface area (Å²) in [6.45, 7) is 4.04. The van der Waals surface area contributed by atoms with Gasteiger partial charge in [0.25, 0.3) is 0 Å². The lowest BCUT2D eigenvalue weighted by Crippen LogP contribution is -2.35. The van der Waals surface area contributed by atoms with Crippen molar-refractivity contribution in [2.45, 2.75) is 44.0 Å². The van der Waals surface area contributed by atoms with E-state index in [9.17, 15) is 5.11 Å². The first-order chi connectivity index (χ1) is 7.94. The smallest absolute Gasteiger partial charge is 0.0847 e. The molecule has 17 heavy (non-hydrogen) atoms. The molecule has 0 aromatic carbocycles. The summed E-state index contributed by atoms with van der Waals surface area (Å²) in [6.07, 6.45) is 2.49. The predicted molar refractivity (Wildman–Crippen MR) is 72.8 cm³/mol. The van der Waals surface area contributed by atoms with Crippen molar-refractivity contribution in [3.8, 4) is 0 Å². The van der Waals surface area contributed by atoms with Gasteiger partial charge in [-0.15, -0.1) is 0 Å². The summed E-state index contributed by atoms with van der Waals surface area (Å²) in [5, 5.41) is 15.4. The van der Waals surface area contributed by atoms with E-state index in [1.165, 1.54) is 6.42 Å². The molecular weight excluding hydrogens is 256 g/mol. The number of aryl methyl sites for hydroxylation is 2. The third kappa shape index (κ3) is 2.49. The van der Waals surface area contributed by atoms with Crippen LogP contribution in [0.1, 0.15) is 31.2 Å². The van der Waals surface area contributed by atoms with Crippen molar-refractivity contribution in [3.63, 3.8) is 0 Å². The zero-order valence-corrected chi connectivity index (χ0v) is 12.1. The second-order valence-electron chi connectivity index (χ2n) is 4.95. The van der Waals surface area contributed by atoms with Crippen LogP contribution in [-0.2, 0) is 13.5 Å². The average molecular weight is 275 g/mol. The number of hydrogen-bond donors (Lipinski definition) is 1. The van der Waals surface area contributed by atoms with E-state index >= 15 is 0 Å². The second kappa shape index (κ2) is 4.82. The maximum absolute atomic E-state index is 10.4. The highest BCUT2D eigenvalue weighted by Crippen LogP contribution is 2.41. The van der Waals surface area contributed by atoms with Crippen molar-refractivity contribution in [1.82, 2.24) is 9.78 Å². The van der Waals surface area contributed by atoms with E-state index in [0.29, 0.717) is 11.4 Å². The van der Waals surface area contributed by atoms with Crippen LogP contribution in [0.4, 0.5) is 0 Å². The Bertz CT molecular complexity index is 413. The zero-order chi connectivity index (χ0) is 12.6. The van der Waals surface area contributed by atoms with E-state index < -0.39 is 0 Å². The quantitative estimate of drug-likeness (QED) is 0.921. The molecule has 2 atom stereocenters. The summed E-state index contributed by atoms with van der Waals surface area (Å²) < 4.78 is 1.76. The van der Waals surface area contributed by atoms with Gasteiger partial charge in [-0.1, -0.05) is 11.6 Å². The minimum Gasteiger partial charge on any atom is -0.391 e. The Labute approximate surface area is 112 Å². The van der Waals surface area contributed by atoms with Crippen molar-refractivity contribution in [2.24, 2.45) is 7.05 Å². The Balaban J connectivity index is 2.15. The minimum atomic E-state index is -0.359. The number of aromatic nitrogens is 2. The lowest BCUT2D eigenvalue weighted by Gasteiger charge is -2.29. The first-order valence-corrected chi connectivity index (χ1v) is 7.30. The van der Waals surface area contributed by atoms with Crippen LogP contribution in [0, 0.1) is 6.92 Å². The fourth-order valence-corrected chi connectivity index (χ4v) is 3.92. The van der Waals surface area contributed by atoms with Gasteiger partial charge in [0, 0.05) is 18.2 Å². The highest BCUT2D eigenvalue weighted by atomic mass is 35.5. The van der Waals surface area contributed by atoms with E-state index in [1.807, 2.05) is 25.7 Å². The number of hydrogen-bond acceptors (Lipinski definition) is 3. The Kier molecular flexibility index (Phi) is 3.76. The average Bonchev–Trinajstić information content (AvgIpc) is 2.80. The molecule has 1 aliphatic heterocycles. The molecule has 0 amide bonds. The van der Waals surface area contributed by atoms with E-state index in [4.69, 9.17) is 11.6 Å². The Morgan fingerprint density at radius 1 is 1.65 bits per heavy atom. The molecular formula is C12H19ClN2OS. The highest BCUT2D eigenvalue weighted by molar-refractivity contribution is 8.00. The molecule has 1 N–H and O–H groups in total. The third-order valence-corrected chi connectivity index (χ3v) is 5.72. The monoisotopic (exact) mass is 274 g/mol. The normalized spacial score (nSPS) is 26.4. The van der Waals surface area contributed by atoms with Gasteiger partial charge in [0.15, 0.2) is 0 Å². The van der Waals surface area contributed by atoms with Crippen molar-refractivity contribution in [1.29, 1.82) is 0 Å². The lowest BCUT2D eigenvalue weighted by molar-refractivity contribution is 0.131. The number of halogens is 1. The van der Waals surface area contributed by atoms with E-state index in [1.54, 1.807) is 4.68 Å². The van der Waals surface area contributed by atoms with Gasteiger partial charge in [-0.05, 0) is 32.4 Å². The van der Waals surface area contributed by atoms with Crippen LogP contribution in [0.15, 0.2) is 0 Å². The minimum absolute atomic E-state index is 0.0263. The van der Waals surface area contributed by atoms with E-state index in [-0.39, 0.29) is 10.9 Å². The summed E-state index contributed by atoms with van der Waals surface area (Å²) in [4.78, 5) is 0. The van der Waals surface area contributed by atoms with Crippen LogP contribution in [0.3, 0.4) is 0 Å². The van der Waals surface area contributed by atoms with E-state index in [0.717, 1.165) is 23.6 Å². The summed E-state index contributed by atoms with van der Waals surface area (Å²) >= 11 is 8.08. The van der Waals surface area contributed by atoms with Crippen molar-refractivity contribution in [2.75, 3.05) is 5.75 Å². The molecule has 96 valence electrons. The number of aliphatic hydroxyl groups is 1. The highest BCUT2D eigenvalue weighted by Gasteiger charge is 2.37. The van der Waals surface area contributed by atoms with Gasteiger partial charge in [0.1, 0.15) is 0 Å². The molecule has 1 aliphatic rings. The molecule has 0 radical (unpaired) electrons. The van der Waals surface area contributed by atoms with Crippen LogP contribution in [-0.4, -0.2) is 31.5 Å². The summed E-state index contributed by atoms with van der Waals surface area (Å²) in [7, 11) is 1.88. The molecule has 5 heteroatoms.